The van der Waals surface area contributed by atoms with Crippen LogP contribution < -0.4 is 16.0 Å². The minimum Gasteiger partial charge on any atom is -0.376 e. The molecule has 1 saturated carbocycles. The number of amides is 2. The summed E-state index contributed by atoms with van der Waals surface area (Å²) in [6.07, 6.45) is 13.7. The van der Waals surface area contributed by atoms with Crippen molar-refractivity contribution in [2.24, 2.45) is 0 Å². The SMILES string of the molecule is O=C(CNc1ccc(Cl)c(C(=O)NC2CCCCC2)c1)NCCC1=CCCCC1. The number of benzene rings is 1. The molecule has 0 bridgehead atoms. The number of carbonyl (C=O) groups excluding carboxylic acids is 2. The first kappa shape index (κ1) is 21.7. The van der Waals surface area contributed by atoms with Gasteiger partial charge in [-0.25, -0.2) is 0 Å². The Bertz CT molecular complexity index is 742. The molecule has 1 aromatic carbocycles. The molecule has 158 valence electrons. The van der Waals surface area contributed by atoms with Crippen molar-refractivity contribution in [1.82, 2.24) is 10.6 Å². The van der Waals surface area contributed by atoms with Crippen LogP contribution in [0.15, 0.2) is 29.8 Å². The molecule has 0 aromatic heterocycles. The lowest BCUT2D eigenvalue weighted by Gasteiger charge is -2.23. The van der Waals surface area contributed by atoms with Crippen LogP contribution in [0.25, 0.3) is 0 Å². The second-order valence-corrected chi connectivity index (χ2v) is 8.47. The molecule has 0 spiro atoms. The largest absolute Gasteiger partial charge is 0.376 e. The van der Waals surface area contributed by atoms with E-state index in [1.807, 2.05) is 0 Å². The van der Waals surface area contributed by atoms with Crippen LogP contribution in [-0.4, -0.2) is 30.9 Å². The third-order valence-electron chi connectivity index (χ3n) is 5.76. The summed E-state index contributed by atoms with van der Waals surface area (Å²) in [5, 5.41) is 9.57. The lowest BCUT2D eigenvalue weighted by molar-refractivity contribution is -0.119. The summed E-state index contributed by atoms with van der Waals surface area (Å²) in [6, 6.07) is 5.45. The van der Waals surface area contributed by atoms with Gasteiger partial charge >= 0.3 is 0 Å². The van der Waals surface area contributed by atoms with Gasteiger partial charge in [-0.2, -0.15) is 0 Å². The number of halogens is 1. The highest BCUT2D eigenvalue weighted by atomic mass is 35.5. The maximum atomic E-state index is 12.6. The molecule has 29 heavy (non-hydrogen) atoms. The van der Waals surface area contributed by atoms with Crippen LogP contribution in [0, 0.1) is 0 Å². The highest BCUT2D eigenvalue weighted by Gasteiger charge is 2.18. The Morgan fingerprint density at radius 3 is 2.66 bits per heavy atom. The van der Waals surface area contributed by atoms with Gasteiger partial charge in [0.15, 0.2) is 0 Å². The highest BCUT2D eigenvalue weighted by molar-refractivity contribution is 6.34. The summed E-state index contributed by atoms with van der Waals surface area (Å²) < 4.78 is 0. The Morgan fingerprint density at radius 2 is 1.90 bits per heavy atom. The average molecular weight is 418 g/mol. The number of carbonyl (C=O) groups is 2. The van der Waals surface area contributed by atoms with Gasteiger partial charge in [-0.05, 0) is 63.1 Å². The van der Waals surface area contributed by atoms with Crippen LogP contribution in [-0.2, 0) is 4.79 Å². The number of hydrogen-bond donors (Lipinski definition) is 3. The van der Waals surface area contributed by atoms with E-state index in [-0.39, 0.29) is 24.4 Å². The van der Waals surface area contributed by atoms with E-state index in [2.05, 4.69) is 22.0 Å². The minimum absolute atomic E-state index is 0.0513. The van der Waals surface area contributed by atoms with Gasteiger partial charge in [0, 0.05) is 18.3 Å². The van der Waals surface area contributed by atoms with Crippen molar-refractivity contribution in [3.8, 4) is 0 Å². The van der Waals surface area contributed by atoms with Crippen molar-refractivity contribution in [2.45, 2.75) is 70.3 Å². The van der Waals surface area contributed by atoms with Crippen LogP contribution in [0.3, 0.4) is 0 Å². The van der Waals surface area contributed by atoms with Gasteiger partial charge in [0.05, 0.1) is 17.1 Å². The summed E-state index contributed by atoms with van der Waals surface area (Å²) in [5.74, 6) is -0.194. The first-order valence-electron chi connectivity index (χ1n) is 10.9. The molecular formula is C23H32ClN3O2. The van der Waals surface area contributed by atoms with Crippen molar-refractivity contribution >= 4 is 29.1 Å². The van der Waals surface area contributed by atoms with Crippen molar-refractivity contribution in [3.05, 3.63) is 40.4 Å². The lowest BCUT2D eigenvalue weighted by Crippen LogP contribution is -2.36. The van der Waals surface area contributed by atoms with E-state index in [4.69, 9.17) is 11.6 Å². The molecule has 0 aliphatic heterocycles. The summed E-state index contributed by atoms with van der Waals surface area (Å²) in [7, 11) is 0. The van der Waals surface area contributed by atoms with E-state index in [9.17, 15) is 9.59 Å². The van der Waals surface area contributed by atoms with Crippen LogP contribution in [0.4, 0.5) is 5.69 Å². The molecule has 0 radical (unpaired) electrons. The molecule has 6 heteroatoms. The number of allylic oxidation sites excluding steroid dienone is 1. The molecule has 3 N–H and O–H groups in total. The quantitative estimate of drug-likeness (QED) is 0.531. The monoisotopic (exact) mass is 417 g/mol. The Balaban J connectivity index is 1.45. The molecule has 3 rings (SSSR count). The number of rotatable bonds is 8. The molecule has 0 saturated heterocycles. The Kier molecular flexibility index (Phi) is 8.41. The molecule has 1 fully saturated rings. The van der Waals surface area contributed by atoms with Crippen molar-refractivity contribution in [3.63, 3.8) is 0 Å². The predicted octanol–water partition coefficient (Wildman–Crippen LogP) is 4.82. The van der Waals surface area contributed by atoms with Gasteiger partial charge in [-0.1, -0.05) is 42.5 Å². The summed E-state index contributed by atoms with van der Waals surface area (Å²) >= 11 is 6.24. The van der Waals surface area contributed by atoms with Crippen molar-refractivity contribution in [1.29, 1.82) is 0 Å². The molecule has 0 atom stereocenters. The van der Waals surface area contributed by atoms with E-state index >= 15 is 0 Å². The zero-order valence-corrected chi connectivity index (χ0v) is 17.8. The first-order chi connectivity index (χ1) is 14.1. The topological polar surface area (TPSA) is 70.2 Å². The van der Waals surface area contributed by atoms with Crippen molar-refractivity contribution < 1.29 is 9.59 Å². The molecule has 1 aromatic rings. The van der Waals surface area contributed by atoms with E-state index in [1.54, 1.807) is 18.2 Å². The zero-order valence-electron chi connectivity index (χ0n) is 17.1. The van der Waals surface area contributed by atoms with Crippen LogP contribution >= 0.6 is 11.6 Å². The zero-order chi connectivity index (χ0) is 20.5. The molecule has 2 aliphatic carbocycles. The van der Waals surface area contributed by atoms with Gasteiger partial charge in [0.1, 0.15) is 0 Å². The Hall–Kier alpha value is -2.01. The number of nitrogens with one attached hydrogen (secondary N) is 3. The standard InChI is InChI=1S/C23H32ClN3O2/c24-21-12-11-19(15-20(21)23(29)27-18-9-5-2-6-10-18)26-16-22(28)25-14-13-17-7-3-1-4-8-17/h7,11-12,15,18,26H,1-6,8-10,13-14,16H2,(H,25,28)(H,27,29). The van der Waals surface area contributed by atoms with E-state index < -0.39 is 0 Å². The summed E-state index contributed by atoms with van der Waals surface area (Å²) in [5.41, 5.74) is 2.62. The van der Waals surface area contributed by atoms with Gasteiger partial charge in [0.25, 0.3) is 5.91 Å². The maximum absolute atomic E-state index is 12.6. The second-order valence-electron chi connectivity index (χ2n) is 8.06. The van der Waals surface area contributed by atoms with E-state index in [0.717, 1.165) is 44.9 Å². The maximum Gasteiger partial charge on any atom is 0.253 e. The third-order valence-corrected chi connectivity index (χ3v) is 6.09. The van der Waals surface area contributed by atoms with E-state index in [0.29, 0.717) is 22.8 Å². The summed E-state index contributed by atoms with van der Waals surface area (Å²) in [6.45, 7) is 0.840. The smallest absolute Gasteiger partial charge is 0.253 e. The van der Waals surface area contributed by atoms with Gasteiger partial charge in [0.2, 0.25) is 5.91 Å². The fraction of sp³-hybridized carbons (Fsp3) is 0.565. The van der Waals surface area contributed by atoms with Crippen LogP contribution in [0.2, 0.25) is 5.02 Å². The molecule has 0 heterocycles. The fourth-order valence-corrected chi connectivity index (χ4v) is 4.26. The average Bonchev–Trinajstić information content (AvgIpc) is 2.74. The lowest BCUT2D eigenvalue weighted by atomic mass is 9.95. The third kappa shape index (κ3) is 7.07. The second kappa shape index (κ2) is 11.2. The molecule has 2 aliphatic rings. The molecule has 5 nitrogen and oxygen atoms in total. The van der Waals surface area contributed by atoms with Gasteiger partial charge in [-0.3, -0.25) is 9.59 Å². The van der Waals surface area contributed by atoms with Gasteiger partial charge < -0.3 is 16.0 Å². The highest BCUT2D eigenvalue weighted by Crippen LogP contribution is 2.23. The number of anilines is 1. The van der Waals surface area contributed by atoms with Crippen LogP contribution in [0.1, 0.15) is 74.6 Å². The molecule has 2 amide bonds. The van der Waals surface area contributed by atoms with Gasteiger partial charge in [-0.15, -0.1) is 0 Å². The minimum atomic E-state index is -0.143. The predicted molar refractivity (Wildman–Crippen MR) is 118 cm³/mol. The first-order valence-corrected chi connectivity index (χ1v) is 11.3. The van der Waals surface area contributed by atoms with Crippen molar-refractivity contribution in [2.75, 3.05) is 18.4 Å². The normalized spacial score (nSPS) is 17.3. The van der Waals surface area contributed by atoms with E-state index in [1.165, 1.54) is 24.8 Å². The Morgan fingerprint density at radius 1 is 1.07 bits per heavy atom. The molecular weight excluding hydrogens is 386 g/mol. The fourth-order valence-electron chi connectivity index (χ4n) is 4.06. The van der Waals surface area contributed by atoms with Crippen LogP contribution in [0.5, 0.6) is 0 Å². The molecule has 0 unspecified atom stereocenters. The number of hydrogen-bond acceptors (Lipinski definition) is 3. The Labute approximate surface area is 178 Å². The summed E-state index contributed by atoms with van der Waals surface area (Å²) in [4.78, 5) is 24.7.